The standard InChI is InChI=1S/C13H18ClN3O2/c14-10-5-3-6-11(15)12(10)16-9-4-1-2-7-17(8-9)13(18)19/h3,5-6,9,16H,1-2,4,7-8,15H2,(H,18,19). The molecule has 1 aliphatic heterocycles. The number of nitrogen functional groups attached to an aromatic ring is 1. The Bertz CT molecular complexity index is 447. The number of rotatable bonds is 2. The van der Waals surface area contributed by atoms with E-state index in [-0.39, 0.29) is 6.04 Å². The highest BCUT2D eigenvalue weighted by Crippen LogP contribution is 2.29. The molecule has 2 rings (SSSR count). The van der Waals surface area contributed by atoms with Gasteiger partial charge in [-0.1, -0.05) is 17.7 Å². The number of para-hydroxylation sites is 1. The highest BCUT2D eigenvalue weighted by atomic mass is 35.5. The molecule has 0 saturated carbocycles. The molecular weight excluding hydrogens is 266 g/mol. The van der Waals surface area contributed by atoms with Crippen molar-refractivity contribution >= 4 is 29.1 Å². The van der Waals surface area contributed by atoms with Crippen LogP contribution in [0.25, 0.3) is 0 Å². The molecule has 0 spiro atoms. The van der Waals surface area contributed by atoms with Crippen molar-refractivity contribution in [1.82, 2.24) is 4.90 Å². The molecule has 6 heteroatoms. The second-order valence-electron chi connectivity index (χ2n) is 4.77. The molecule has 104 valence electrons. The molecule has 0 radical (unpaired) electrons. The first-order chi connectivity index (χ1) is 9.08. The van der Waals surface area contributed by atoms with Gasteiger partial charge in [-0.3, -0.25) is 0 Å². The Morgan fingerprint density at radius 3 is 2.95 bits per heavy atom. The number of nitrogens with two attached hydrogens (primary N) is 1. The topological polar surface area (TPSA) is 78.6 Å². The average molecular weight is 284 g/mol. The molecule has 1 heterocycles. The lowest BCUT2D eigenvalue weighted by Crippen LogP contribution is -2.38. The summed E-state index contributed by atoms with van der Waals surface area (Å²) in [5.41, 5.74) is 7.17. The molecule has 4 N–H and O–H groups in total. The largest absolute Gasteiger partial charge is 0.465 e. The van der Waals surface area contributed by atoms with Gasteiger partial charge in [0.2, 0.25) is 0 Å². The maximum Gasteiger partial charge on any atom is 0.407 e. The average Bonchev–Trinajstić information content (AvgIpc) is 2.59. The van der Waals surface area contributed by atoms with Crippen molar-refractivity contribution < 1.29 is 9.90 Å². The first-order valence-electron chi connectivity index (χ1n) is 6.36. The number of hydrogen-bond acceptors (Lipinski definition) is 3. The maximum atomic E-state index is 11.1. The normalized spacial score (nSPS) is 19.8. The molecule has 1 aliphatic rings. The second-order valence-corrected chi connectivity index (χ2v) is 5.18. The Hall–Kier alpha value is -1.62. The summed E-state index contributed by atoms with van der Waals surface area (Å²) in [6, 6.07) is 5.38. The van der Waals surface area contributed by atoms with Crippen LogP contribution in [-0.4, -0.2) is 35.2 Å². The van der Waals surface area contributed by atoms with Crippen LogP contribution in [0.2, 0.25) is 5.02 Å². The fourth-order valence-electron chi connectivity index (χ4n) is 2.33. The Balaban J connectivity index is 2.11. The lowest BCUT2D eigenvalue weighted by molar-refractivity contribution is 0.146. The predicted octanol–water partition coefficient (Wildman–Crippen LogP) is 2.87. The quantitative estimate of drug-likeness (QED) is 0.729. The molecule has 0 aromatic heterocycles. The summed E-state index contributed by atoms with van der Waals surface area (Å²) in [6.07, 6.45) is 1.92. The summed E-state index contributed by atoms with van der Waals surface area (Å²) in [5.74, 6) is 0. The van der Waals surface area contributed by atoms with Crippen LogP contribution in [0.4, 0.5) is 16.2 Å². The molecule has 0 aliphatic carbocycles. The molecule has 1 fully saturated rings. The summed E-state index contributed by atoms with van der Waals surface area (Å²) < 4.78 is 0. The number of amides is 1. The highest BCUT2D eigenvalue weighted by Gasteiger charge is 2.22. The van der Waals surface area contributed by atoms with E-state index < -0.39 is 6.09 Å². The Labute approximate surface area is 117 Å². The van der Waals surface area contributed by atoms with Crippen molar-refractivity contribution in [2.75, 3.05) is 24.1 Å². The number of nitrogens with zero attached hydrogens (tertiary/aromatic N) is 1. The third-order valence-corrected chi connectivity index (χ3v) is 3.65. The molecule has 1 unspecified atom stereocenters. The number of nitrogens with one attached hydrogen (secondary N) is 1. The van der Waals surface area contributed by atoms with Gasteiger partial charge in [0.15, 0.2) is 0 Å². The second kappa shape index (κ2) is 6.02. The lowest BCUT2D eigenvalue weighted by atomic mass is 10.1. The summed E-state index contributed by atoms with van der Waals surface area (Å²) in [6.45, 7) is 1.05. The number of hydrogen-bond donors (Lipinski definition) is 3. The van der Waals surface area contributed by atoms with Gasteiger partial charge in [-0.15, -0.1) is 0 Å². The zero-order valence-electron chi connectivity index (χ0n) is 10.6. The van der Waals surface area contributed by atoms with Gasteiger partial charge in [-0.2, -0.15) is 0 Å². The van der Waals surface area contributed by atoms with Crippen molar-refractivity contribution in [3.63, 3.8) is 0 Å². The van der Waals surface area contributed by atoms with Gasteiger partial charge in [0, 0.05) is 19.1 Å². The maximum absolute atomic E-state index is 11.1. The van der Waals surface area contributed by atoms with Crippen LogP contribution in [0.1, 0.15) is 19.3 Å². The van der Waals surface area contributed by atoms with Crippen molar-refractivity contribution in [3.8, 4) is 0 Å². The first kappa shape index (κ1) is 13.8. The molecule has 1 saturated heterocycles. The summed E-state index contributed by atoms with van der Waals surface area (Å²) in [7, 11) is 0. The van der Waals surface area contributed by atoms with Gasteiger partial charge >= 0.3 is 6.09 Å². The van der Waals surface area contributed by atoms with Crippen LogP contribution in [0.5, 0.6) is 0 Å². The number of halogens is 1. The van der Waals surface area contributed by atoms with Gasteiger partial charge in [0.1, 0.15) is 0 Å². The van der Waals surface area contributed by atoms with E-state index in [4.69, 9.17) is 22.4 Å². The summed E-state index contributed by atoms with van der Waals surface area (Å²) in [4.78, 5) is 12.5. The van der Waals surface area contributed by atoms with E-state index in [0.717, 1.165) is 19.3 Å². The molecule has 1 atom stereocenters. The fraction of sp³-hybridized carbons (Fsp3) is 0.462. The molecule has 1 aromatic rings. The molecule has 1 aromatic carbocycles. The highest BCUT2D eigenvalue weighted by molar-refractivity contribution is 6.33. The Kier molecular flexibility index (Phi) is 4.37. The minimum atomic E-state index is -0.874. The summed E-state index contributed by atoms with van der Waals surface area (Å²) >= 11 is 6.12. The van der Waals surface area contributed by atoms with Gasteiger partial charge in [0.05, 0.1) is 16.4 Å². The lowest BCUT2D eigenvalue weighted by Gasteiger charge is -2.24. The zero-order valence-corrected chi connectivity index (χ0v) is 11.4. The fourth-order valence-corrected chi connectivity index (χ4v) is 2.57. The van der Waals surface area contributed by atoms with Gasteiger partial charge in [0.25, 0.3) is 0 Å². The molecule has 0 bridgehead atoms. The number of benzene rings is 1. The number of carboxylic acid groups (broad SMARTS) is 1. The van der Waals surface area contributed by atoms with E-state index in [9.17, 15) is 4.79 Å². The Morgan fingerprint density at radius 1 is 1.47 bits per heavy atom. The van der Waals surface area contributed by atoms with E-state index >= 15 is 0 Å². The van der Waals surface area contributed by atoms with E-state index in [2.05, 4.69) is 5.32 Å². The van der Waals surface area contributed by atoms with Gasteiger partial charge in [-0.25, -0.2) is 4.79 Å². The van der Waals surface area contributed by atoms with Crippen LogP contribution < -0.4 is 11.1 Å². The zero-order chi connectivity index (χ0) is 13.8. The van der Waals surface area contributed by atoms with Crippen molar-refractivity contribution in [2.45, 2.75) is 25.3 Å². The minimum Gasteiger partial charge on any atom is -0.465 e. The van der Waals surface area contributed by atoms with Crippen LogP contribution >= 0.6 is 11.6 Å². The third kappa shape index (κ3) is 3.44. The molecule has 1 amide bonds. The number of carbonyl (C=O) groups is 1. The van der Waals surface area contributed by atoms with Crippen molar-refractivity contribution in [2.24, 2.45) is 0 Å². The van der Waals surface area contributed by atoms with Gasteiger partial charge < -0.3 is 21.1 Å². The third-order valence-electron chi connectivity index (χ3n) is 3.34. The van der Waals surface area contributed by atoms with Crippen LogP contribution in [0.3, 0.4) is 0 Å². The number of likely N-dealkylation sites (tertiary alicyclic amines) is 1. The van der Waals surface area contributed by atoms with E-state index in [0.29, 0.717) is 29.5 Å². The van der Waals surface area contributed by atoms with Crippen molar-refractivity contribution in [3.05, 3.63) is 23.2 Å². The van der Waals surface area contributed by atoms with Crippen LogP contribution in [-0.2, 0) is 0 Å². The van der Waals surface area contributed by atoms with Gasteiger partial charge in [-0.05, 0) is 31.4 Å². The predicted molar refractivity (Wildman–Crippen MR) is 76.7 cm³/mol. The first-order valence-corrected chi connectivity index (χ1v) is 6.74. The van der Waals surface area contributed by atoms with Crippen molar-refractivity contribution in [1.29, 1.82) is 0 Å². The van der Waals surface area contributed by atoms with E-state index in [1.54, 1.807) is 18.2 Å². The SMILES string of the molecule is Nc1cccc(Cl)c1NC1CCCCN(C(=O)O)C1. The minimum absolute atomic E-state index is 0.0424. The van der Waals surface area contributed by atoms with E-state index in [1.807, 2.05) is 0 Å². The van der Waals surface area contributed by atoms with Crippen LogP contribution in [0, 0.1) is 0 Å². The van der Waals surface area contributed by atoms with Crippen LogP contribution in [0.15, 0.2) is 18.2 Å². The number of anilines is 2. The molecule has 19 heavy (non-hydrogen) atoms. The Morgan fingerprint density at radius 2 is 2.26 bits per heavy atom. The van der Waals surface area contributed by atoms with E-state index in [1.165, 1.54) is 4.90 Å². The molecule has 5 nitrogen and oxygen atoms in total. The monoisotopic (exact) mass is 283 g/mol. The summed E-state index contributed by atoms with van der Waals surface area (Å²) in [5, 5.41) is 12.9. The smallest absolute Gasteiger partial charge is 0.407 e. The molecular formula is C13H18ClN3O2.